The van der Waals surface area contributed by atoms with Crippen LogP contribution in [0.4, 0.5) is 8.78 Å². The van der Waals surface area contributed by atoms with Crippen LogP contribution in [0.3, 0.4) is 0 Å². The molecule has 102 valence electrons. The summed E-state index contributed by atoms with van der Waals surface area (Å²) < 4.78 is 31.2. The molecule has 1 unspecified atom stereocenters. The highest BCUT2D eigenvalue weighted by atomic mass is 79.9. The van der Waals surface area contributed by atoms with Crippen molar-refractivity contribution in [1.29, 1.82) is 0 Å². The first kappa shape index (κ1) is 15.9. The third kappa shape index (κ3) is 5.24. The standard InChI is InChI=1S/C13H17BrF2OS/c1-18-11-6-4-10(5-7-11)12(13(15)16)17-9-3-2-8-14/h4-7,12-13H,2-3,8-9H2,1H3. The largest absolute Gasteiger partial charge is 0.368 e. The Balaban J connectivity index is 2.59. The smallest absolute Gasteiger partial charge is 0.268 e. The number of halogens is 3. The van der Waals surface area contributed by atoms with Crippen LogP contribution in [0.2, 0.25) is 0 Å². The molecule has 0 amide bonds. The van der Waals surface area contributed by atoms with E-state index in [1.807, 2.05) is 18.4 Å². The van der Waals surface area contributed by atoms with Gasteiger partial charge in [0.05, 0.1) is 0 Å². The highest BCUT2D eigenvalue weighted by Crippen LogP contribution is 2.27. The van der Waals surface area contributed by atoms with E-state index in [0.717, 1.165) is 23.1 Å². The van der Waals surface area contributed by atoms with Gasteiger partial charge in [-0.15, -0.1) is 11.8 Å². The van der Waals surface area contributed by atoms with Crippen LogP contribution < -0.4 is 0 Å². The first-order chi connectivity index (χ1) is 8.69. The molecule has 0 fully saturated rings. The maximum Gasteiger partial charge on any atom is 0.268 e. The summed E-state index contributed by atoms with van der Waals surface area (Å²) in [7, 11) is 0. The molecule has 0 saturated heterocycles. The zero-order valence-electron chi connectivity index (χ0n) is 10.2. The molecule has 0 spiro atoms. The molecule has 0 N–H and O–H groups in total. The molecule has 1 rings (SSSR count). The number of thioether (sulfide) groups is 1. The quantitative estimate of drug-likeness (QED) is 0.378. The molecule has 1 nitrogen and oxygen atoms in total. The van der Waals surface area contributed by atoms with Crippen LogP contribution in [0.25, 0.3) is 0 Å². The van der Waals surface area contributed by atoms with Crippen molar-refractivity contribution in [3.8, 4) is 0 Å². The van der Waals surface area contributed by atoms with Gasteiger partial charge in [0.25, 0.3) is 6.43 Å². The monoisotopic (exact) mass is 338 g/mol. The number of benzene rings is 1. The van der Waals surface area contributed by atoms with Crippen LogP contribution in [0, 0.1) is 0 Å². The number of ether oxygens (including phenoxy) is 1. The molecule has 0 aromatic heterocycles. The maximum absolute atomic E-state index is 12.9. The lowest BCUT2D eigenvalue weighted by atomic mass is 10.1. The van der Waals surface area contributed by atoms with Gasteiger partial charge in [0.2, 0.25) is 0 Å². The van der Waals surface area contributed by atoms with Crippen LogP contribution in [-0.4, -0.2) is 24.6 Å². The molecule has 18 heavy (non-hydrogen) atoms. The summed E-state index contributed by atoms with van der Waals surface area (Å²) in [4.78, 5) is 1.06. The minimum Gasteiger partial charge on any atom is -0.368 e. The topological polar surface area (TPSA) is 9.23 Å². The normalized spacial score (nSPS) is 12.9. The Bertz CT molecular complexity index is 332. The van der Waals surface area contributed by atoms with Gasteiger partial charge in [-0.2, -0.15) is 0 Å². The van der Waals surface area contributed by atoms with Crippen molar-refractivity contribution in [2.45, 2.75) is 30.3 Å². The molecular weight excluding hydrogens is 322 g/mol. The Kier molecular flexibility index (Phi) is 7.86. The second-order valence-electron chi connectivity index (χ2n) is 3.80. The van der Waals surface area contributed by atoms with E-state index in [9.17, 15) is 8.78 Å². The summed E-state index contributed by atoms with van der Waals surface area (Å²) in [5.74, 6) is 0. The second-order valence-corrected chi connectivity index (χ2v) is 5.47. The second kappa shape index (κ2) is 8.88. The van der Waals surface area contributed by atoms with Gasteiger partial charge >= 0.3 is 0 Å². The number of alkyl halides is 3. The fourth-order valence-corrected chi connectivity index (χ4v) is 2.32. The van der Waals surface area contributed by atoms with E-state index >= 15 is 0 Å². The summed E-state index contributed by atoms with van der Waals surface area (Å²) in [6.07, 6.45) is 0.0695. The van der Waals surface area contributed by atoms with Crippen LogP contribution in [0.15, 0.2) is 29.2 Å². The predicted octanol–water partition coefficient (Wildman–Crippen LogP) is 4.91. The van der Waals surface area contributed by atoms with E-state index in [4.69, 9.17) is 4.74 Å². The zero-order valence-corrected chi connectivity index (χ0v) is 12.6. The zero-order chi connectivity index (χ0) is 13.4. The lowest BCUT2D eigenvalue weighted by Crippen LogP contribution is -2.14. The molecule has 0 radical (unpaired) electrons. The van der Waals surface area contributed by atoms with E-state index in [1.165, 1.54) is 0 Å². The summed E-state index contributed by atoms with van der Waals surface area (Å²) in [5, 5.41) is 0.873. The van der Waals surface area contributed by atoms with Crippen molar-refractivity contribution in [1.82, 2.24) is 0 Å². The third-order valence-electron chi connectivity index (χ3n) is 2.50. The van der Waals surface area contributed by atoms with E-state index in [1.54, 1.807) is 23.9 Å². The van der Waals surface area contributed by atoms with Gasteiger partial charge in [0.1, 0.15) is 6.10 Å². The minimum atomic E-state index is -2.49. The summed E-state index contributed by atoms with van der Waals surface area (Å²) in [6.45, 7) is 0.366. The van der Waals surface area contributed by atoms with Crippen LogP contribution >= 0.6 is 27.7 Å². The molecule has 1 atom stereocenters. The molecule has 0 aliphatic heterocycles. The number of hydrogen-bond acceptors (Lipinski definition) is 2. The maximum atomic E-state index is 12.9. The van der Waals surface area contributed by atoms with Gasteiger partial charge in [-0.1, -0.05) is 28.1 Å². The SMILES string of the molecule is CSc1ccc(C(OCCCCBr)C(F)F)cc1. The third-order valence-corrected chi connectivity index (χ3v) is 3.80. The molecule has 0 heterocycles. The van der Waals surface area contributed by atoms with Crippen molar-refractivity contribution in [3.05, 3.63) is 29.8 Å². The van der Waals surface area contributed by atoms with Gasteiger partial charge in [-0.05, 0) is 36.8 Å². The summed E-state index contributed by atoms with van der Waals surface area (Å²) in [6, 6.07) is 7.12. The van der Waals surface area contributed by atoms with Crippen molar-refractivity contribution >= 4 is 27.7 Å². The Morgan fingerprint density at radius 3 is 2.39 bits per heavy atom. The Hall–Kier alpha value is -0.130. The van der Waals surface area contributed by atoms with Crippen LogP contribution in [0.1, 0.15) is 24.5 Å². The van der Waals surface area contributed by atoms with Crippen molar-refractivity contribution in [2.75, 3.05) is 18.2 Å². The fraction of sp³-hybridized carbons (Fsp3) is 0.538. The van der Waals surface area contributed by atoms with Crippen LogP contribution in [0.5, 0.6) is 0 Å². The molecule has 5 heteroatoms. The number of rotatable bonds is 8. The van der Waals surface area contributed by atoms with Crippen molar-refractivity contribution < 1.29 is 13.5 Å². The highest BCUT2D eigenvalue weighted by molar-refractivity contribution is 9.09. The Labute approximate surface area is 119 Å². The van der Waals surface area contributed by atoms with Gasteiger partial charge in [0.15, 0.2) is 0 Å². The molecule has 0 aliphatic carbocycles. The molecule has 0 bridgehead atoms. The number of unbranched alkanes of at least 4 members (excludes halogenated alkanes) is 1. The first-order valence-corrected chi connectivity index (χ1v) is 8.13. The minimum absolute atomic E-state index is 0.366. The lowest BCUT2D eigenvalue weighted by Gasteiger charge is -2.17. The van der Waals surface area contributed by atoms with Crippen LogP contribution in [-0.2, 0) is 4.74 Å². The molecule has 1 aromatic carbocycles. The Morgan fingerprint density at radius 2 is 1.89 bits per heavy atom. The molecule has 0 aliphatic rings. The summed E-state index contributed by atoms with van der Waals surface area (Å²) >= 11 is 4.89. The van der Waals surface area contributed by atoms with Crippen molar-refractivity contribution in [2.24, 2.45) is 0 Å². The van der Waals surface area contributed by atoms with Gasteiger partial charge < -0.3 is 4.74 Å². The van der Waals surface area contributed by atoms with Crippen molar-refractivity contribution in [3.63, 3.8) is 0 Å². The van der Waals surface area contributed by atoms with Gasteiger partial charge in [0, 0.05) is 16.8 Å². The first-order valence-electron chi connectivity index (χ1n) is 5.78. The van der Waals surface area contributed by atoms with Gasteiger partial charge in [-0.3, -0.25) is 0 Å². The van der Waals surface area contributed by atoms with E-state index < -0.39 is 12.5 Å². The fourth-order valence-electron chi connectivity index (χ4n) is 1.51. The predicted molar refractivity (Wildman–Crippen MR) is 75.9 cm³/mol. The molecule has 1 aromatic rings. The van der Waals surface area contributed by atoms with E-state index in [0.29, 0.717) is 12.2 Å². The molecule has 0 saturated carbocycles. The average Bonchev–Trinajstić information content (AvgIpc) is 2.39. The molecular formula is C13H17BrF2OS. The van der Waals surface area contributed by atoms with E-state index in [2.05, 4.69) is 15.9 Å². The van der Waals surface area contributed by atoms with Gasteiger partial charge in [-0.25, -0.2) is 8.78 Å². The lowest BCUT2D eigenvalue weighted by molar-refractivity contribution is -0.0585. The highest BCUT2D eigenvalue weighted by Gasteiger charge is 2.22. The Morgan fingerprint density at radius 1 is 1.22 bits per heavy atom. The van der Waals surface area contributed by atoms with E-state index in [-0.39, 0.29) is 0 Å². The summed E-state index contributed by atoms with van der Waals surface area (Å²) in [5.41, 5.74) is 0.543. The number of hydrogen-bond donors (Lipinski definition) is 0. The average molecular weight is 339 g/mol.